The van der Waals surface area contributed by atoms with Gasteiger partial charge in [0, 0.05) is 6.04 Å². The van der Waals surface area contributed by atoms with Crippen molar-refractivity contribution in [1.82, 2.24) is 5.32 Å². The molecular weight excluding hydrogens is 220 g/mol. The average Bonchev–Trinajstić information content (AvgIpc) is 2.28. The summed E-state index contributed by atoms with van der Waals surface area (Å²) < 4.78 is 0. The first-order valence-electron chi connectivity index (χ1n) is 6.20. The van der Waals surface area contributed by atoms with Gasteiger partial charge in [-0.2, -0.15) is 0 Å². The van der Waals surface area contributed by atoms with Crippen LogP contribution < -0.4 is 11.1 Å². The first-order valence-corrected chi connectivity index (χ1v) is 6.20. The molecule has 0 aromatic rings. The van der Waals surface area contributed by atoms with E-state index in [0.717, 1.165) is 12.8 Å². The van der Waals surface area contributed by atoms with Crippen LogP contribution in [0.1, 0.15) is 39.5 Å². The lowest BCUT2D eigenvalue weighted by atomic mass is 9.85. The number of nitrogens with two attached hydrogens (primary N) is 1. The highest BCUT2D eigenvalue weighted by Crippen LogP contribution is 2.24. The summed E-state index contributed by atoms with van der Waals surface area (Å²) in [5, 5.41) is 11.8. The fourth-order valence-corrected chi connectivity index (χ4v) is 2.15. The molecule has 5 heteroatoms. The number of nitrogens with one attached hydrogen (secondary N) is 1. The van der Waals surface area contributed by atoms with Crippen molar-refractivity contribution in [2.75, 3.05) is 0 Å². The number of carboxylic acid groups (broad SMARTS) is 1. The van der Waals surface area contributed by atoms with E-state index >= 15 is 0 Å². The van der Waals surface area contributed by atoms with Gasteiger partial charge in [-0.15, -0.1) is 0 Å². The summed E-state index contributed by atoms with van der Waals surface area (Å²) >= 11 is 0. The zero-order valence-electron chi connectivity index (χ0n) is 10.5. The summed E-state index contributed by atoms with van der Waals surface area (Å²) in [7, 11) is 0. The van der Waals surface area contributed by atoms with Crippen molar-refractivity contribution in [3.63, 3.8) is 0 Å². The summed E-state index contributed by atoms with van der Waals surface area (Å²) in [5.41, 5.74) is 5.74. The molecule has 0 bridgehead atoms. The predicted molar refractivity (Wildman–Crippen MR) is 64.3 cm³/mol. The maximum atomic E-state index is 11.7. The maximum absolute atomic E-state index is 11.7. The molecule has 0 aromatic carbocycles. The van der Waals surface area contributed by atoms with E-state index < -0.39 is 12.0 Å². The quantitative estimate of drug-likeness (QED) is 0.677. The number of hydrogen-bond acceptors (Lipinski definition) is 3. The number of carboxylic acids is 1. The maximum Gasteiger partial charge on any atom is 0.306 e. The van der Waals surface area contributed by atoms with Crippen LogP contribution in [0, 0.1) is 11.8 Å². The molecule has 1 rings (SSSR count). The minimum atomic E-state index is -0.767. The summed E-state index contributed by atoms with van der Waals surface area (Å²) in [6.07, 6.45) is 2.92. The average molecular weight is 242 g/mol. The van der Waals surface area contributed by atoms with Gasteiger partial charge in [-0.25, -0.2) is 0 Å². The van der Waals surface area contributed by atoms with Crippen LogP contribution in [-0.2, 0) is 9.59 Å². The van der Waals surface area contributed by atoms with E-state index in [1.807, 2.05) is 13.8 Å². The van der Waals surface area contributed by atoms with Crippen LogP contribution in [-0.4, -0.2) is 29.1 Å². The van der Waals surface area contributed by atoms with Gasteiger partial charge in [0.05, 0.1) is 12.0 Å². The second-order valence-electron chi connectivity index (χ2n) is 5.18. The van der Waals surface area contributed by atoms with E-state index in [-0.39, 0.29) is 23.8 Å². The molecule has 0 aliphatic heterocycles. The lowest BCUT2D eigenvalue weighted by Gasteiger charge is -2.28. The van der Waals surface area contributed by atoms with Crippen LogP contribution in [0.4, 0.5) is 0 Å². The smallest absolute Gasteiger partial charge is 0.306 e. The van der Waals surface area contributed by atoms with Gasteiger partial charge in [0.1, 0.15) is 0 Å². The molecule has 0 saturated heterocycles. The Kier molecular flexibility index (Phi) is 4.93. The fourth-order valence-electron chi connectivity index (χ4n) is 2.15. The van der Waals surface area contributed by atoms with Crippen molar-refractivity contribution in [2.24, 2.45) is 17.6 Å². The number of aliphatic carboxylic acids is 1. The number of carbonyl (C=O) groups excluding carboxylic acids is 1. The van der Waals surface area contributed by atoms with Gasteiger partial charge in [-0.3, -0.25) is 9.59 Å². The molecule has 4 N–H and O–H groups in total. The monoisotopic (exact) mass is 242 g/mol. The normalized spacial score (nSPS) is 26.6. The van der Waals surface area contributed by atoms with Crippen LogP contribution in [0.2, 0.25) is 0 Å². The highest BCUT2D eigenvalue weighted by Gasteiger charge is 2.29. The SMILES string of the molecule is CC(C)C(N)C(=O)NC1CCCC(C(=O)O)C1. The molecular formula is C12H22N2O3. The highest BCUT2D eigenvalue weighted by atomic mass is 16.4. The molecule has 0 aromatic heterocycles. The Hall–Kier alpha value is -1.10. The lowest BCUT2D eigenvalue weighted by molar-refractivity contribution is -0.143. The third-order valence-electron chi connectivity index (χ3n) is 3.39. The van der Waals surface area contributed by atoms with Crippen molar-refractivity contribution >= 4 is 11.9 Å². The Balaban J connectivity index is 2.46. The van der Waals surface area contributed by atoms with Gasteiger partial charge in [-0.05, 0) is 25.2 Å². The van der Waals surface area contributed by atoms with E-state index in [2.05, 4.69) is 5.32 Å². The molecule has 0 spiro atoms. The molecule has 98 valence electrons. The van der Waals surface area contributed by atoms with Gasteiger partial charge in [0.2, 0.25) is 5.91 Å². The second-order valence-corrected chi connectivity index (χ2v) is 5.18. The van der Waals surface area contributed by atoms with Gasteiger partial charge in [-0.1, -0.05) is 20.3 Å². The minimum Gasteiger partial charge on any atom is -0.481 e. The first kappa shape index (κ1) is 14.0. The van der Waals surface area contributed by atoms with Gasteiger partial charge >= 0.3 is 5.97 Å². The summed E-state index contributed by atoms with van der Waals surface area (Å²) in [6.45, 7) is 3.79. The molecule has 0 radical (unpaired) electrons. The Morgan fingerprint density at radius 3 is 2.53 bits per heavy atom. The molecule has 5 nitrogen and oxygen atoms in total. The van der Waals surface area contributed by atoms with E-state index in [0.29, 0.717) is 12.8 Å². The molecule has 1 fully saturated rings. The van der Waals surface area contributed by atoms with Crippen molar-refractivity contribution in [1.29, 1.82) is 0 Å². The molecule has 1 aliphatic carbocycles. The van der Waals surface area contributed by atoms with Gasteiger partial charge < -0.3 is 16.2 Å². The number of amides is 1. The van der Waals surface area contributed by atoms with E-state index in [9.17, 15) is 9.59 Å². The van der Waals surface area contributed by atoms with Crippen LogP contribution >= 0.6 is 0 Å². The molecule has 1 amide bonds. The van der Waals surface area contributed by atoms with Gasteiger partial charge in [0.25, 0.3) is 0 Å². The van der Waals surface area contributed by atoms with Crippen LogP contribution in [0.25, 0.3) is 0 Å². The zero-order chi connectivity index (χ0) is 13.0. The second kappa shape index (κ2) is 6.00. The minimum absolute atomic E-state index is 0.0397. The lowest BCUT2D eigenvalue weighted by Crippen LogP contribution is -2.49. The van der Waals surface area contributed by atoms with Crippen molar-refractivity contribution < 1.29 is 14.7 Å². The highest BCUT2D eigenvalue weighted by molar-refractivity contribution is 5.82. The van der Waals surface area contributed by atoms with Crippen molar-refractivity contribution in [2.45, 2.75) is 51.6 Å². The zero-order valence-corrected chi connectivity index (χ0v) is 10.5. The van der Waals surface area contributed by atoms with Crippen LogP contribution in [0.5, 0.6) is 0 Å². The molecule has 1 aliphatic rings. The van der Waals surface area contributed by atoms with E-state index in [4.69, 9.17) is 10.8 Å². The molecule has 0 heterocycles. The Labute approximate surface area is 102 Å². The van der Waals surface area contributed by atoms with E-state index in [1.165, 1.54) is 0 Å². The summed E-state index contributed by atoms with van der Waals surface area (Å²) in [4.78, 5) is 22.6. The van der Waals surface area contributed by atoms with E-state index in [1.54, 1.807) is 0 Å². The molecule has 17 heavy (non-hydrogen) atoms. The Morgan fingerprint density at radius 1 is 1.35 bits per heavy atom. The fraction of sp³-hybridized carbons (Fsp3) is 0.833. The number of carbonyl (C=O) groups is 2. The largest absolute Gasteiger partial charge is 0.481 e. The molecule has 3 atom stereocenters. The van der Waals surface area contributed by atoms with Crippen LogP contribution in [0.15, 0.2) is 0 Å². The first-order chi connectivity index (χ1) is 7.91. The molecule has 1 saturated carbocycles. The third kappa shape index (κ3) is 4.00. The Bertz CT molecular complexity index is 291. The number of hydrogen-bond donors (Lipinski definition) is 3. The van der Waals surface area contributed by atoms with Crippen LogP contribution in [0.3, 0.4) is 0 Å². The topological polar surface area (TPSA) is 92.4 Å². The van der Waals surface area contributed by atoms with Crippen molar-refractivity contribution in [3.8, 4) is 0 Å². The number of rotatable bonds is 4. The standard InChI is InChI=1S/C12H22N2O3/c1-7(2)10(13)11(15)14-9-5-3-4-8(6-9)12(16)17/h7-10H,3-6,13H2,1-2H3,(H,14,15)(H,16,17). The van der Waals surface area contributed by atoms with Gasteiger partial charge in [0.15, 0.2) is 0 Å². The third-order valence-corrected chi connectivity index (χ3v) is 3.39. The predicted octanol–water partition coefficient (Wildman–Crippen LogP) is 0.729. The van der Waals surface area contributed by atoms with Crippen molar-refractivity contribution in [3.05, 3.63) is 0 Å². The summed E-state index contributed by atoms with van der Waals surface area (Å²) in [6, 6.07) is -0.553. The Morgan fingerprint density at radius 2 is 2.00 bits per heavy atom. The summed E-state index contributed by atoms with van der Waals surface area (Å²) in [5.74, 6) is -1.17. The molecule has 3 unspecified atom stereocenters.